The minimum absolute atomic E-state index is 0.103. The third-order valence-corrected chi connectivity index (χ3v) is 4.61. The van der Waals surface area contributed by atoms with Crippen LogP contribution in [0.1, 0.15) is 35.9 Å². The fourth-order valence-corrected chi connectivity index (χ4v) is 3.38. The number of aromatic nitrogens is 3. The monoisotopic (exact) mass is 369 g/mol. The summed E-state index contributed by atoms with van der Waals surface area (Å²) in [5.41, 5.74) is 2.20. The molecule has 1 saturated heterocycles. The number of nitrogens with zero attached hydrogens (tertiary/aromatic N) is 4. The molecular weight excluding hydrogens is 349 g/mol. The van der Waals surface area contributed by atoms with E-state index in [4.69, 9.17) is 4.52 Å². The number of aryl methyl sites for hydroxylation is 1. The molecular formula is C19H20FN5O2. The van der Waals surface area contributed by atoms with Crippen LogP contribution in [0.5, 0.6) is 0 Å². The van der Waals surface area contributed by atoms with Crippen LogP contribution in [0.25, 0.3) is 0 Å². The van der Waals surface area contributed by atoms with E-state index in [1.165, 1.54) is 12.1 Å². The highest BCUT2D eigenvalue weighted by Gasteiger charge is 2.32. The third-order valence-electron chi connectivity index (χ3n) is 4.61. The third kappa shape index (κ3) is 3.84. The van der Waals surface area contributed by atoms with Gasteiger partial charge in [0.1, 0.15) is 5.82 Å². The maximum absolute atomic E-state index is 13.3. The standard InChI is InChI=1S/C19H20FN5O2/c1-13-8-18(27-23-13)17-6-3-7-25(17)19(26)22-16-10-21-24(12-16)11-14-4-2-5-15(20)9-14/h2,4-5,8-10,12,17H,3,6-7,11H2,1H3,(H,22,26)/t17-/m0/s1. The molecule has 0 saturated carbocycles. The zero-order chi connectivity index (χ0) is 18.8. The molecule has 1 aromatic carbocycles. The van der Waals surface area contributed by atoms with Gasteiger partial charge in [-0.05, 0) is 37.5 Å². The van der Waals surface area contributed by atoms with E-state index < -0.39 is 0 Å². The summed E-state index contributed by atoms with van der Waals surface area (Å²) in [6.07, 6.45) is 5.07. The first-order chi connectivity index (χ1) is 13.1. The van der Waals surface area contributed by atoms with Crippen LogP contribution in [0, 0.1) is 12.7 Å². The van der Waals surface area contributed by atoms with Crippen LogP contribution in [-0.4, -0.2) is 32.4 Å². The van der Waals surface area contributed by atoms with Crippen molar-refractivity contribution in [2.45, 2.75) is 32.4 Å². The molecule has 3 heterocycles. The van der Waals surface area contributed by atoms with Gasteiger partial charge in [0.05, 0.1) is 30.2 Å². The maximum Gasteiger partial charge on any atom is 0.322 e. The molecule has 1 N–H and O–H groups in total. The Labute approximate surface area is 155 Å². The number of carbonyl (C=O) groups excluding carboxylic acids is 1. The molecule has 0 bridgehead atoms. The molecule has 27 heavy (non-hydrogen) atoms. The summed E-state index contributed by atoms with van der Waals surface area (Å²) in [5, 5.41) is 11.0. The highest BCUT2D eigenvalue weighted by molar-refractivity contribution is 5.89. The van der Waals surface area contributed by atoms with E-state index in [2.05, 4.69) is 15.6 Å². The quantitative estimate of drug-likeness (QED) is 0.760. The lowest BCUT2D eigenvalue weighted by molar-refractivity contribution is 0.195. The molecule has 7 nitrogen and oxygen atoms in total. The van der Waals surface area contributed by atoms with Crippen LogP contribution in [0.4, 0.5) is 14.9 Å². The van der Waals surface area contributed by atoms with Crippen molar-refractivity contribution >= 4 is 11.7 Å². The van der Waals surface area contributed by atoms with E-state index in [1.807, 2.05) is 19.1 Å². The molecule has 1 aliphatic rings. The van der Waals surface area contributed by atoms with Gasteiger partial charge in [-0.2, -0.15) is 5.10 Å². The lowest BCUT2D eigenvalue weighted by Crippen LogP contribution is -2.34. The van der Waals surface area contributed by atoms with E-state index in [1.54, 1.807) is 28.0 Å². The number of carbonyl (C=O) groups is 1. The summed E-state index contributed by atoms with van der Waals surface area (Å²) >= 11 is 0. The smallest absolute Gasteiger partial charge is 0.322 e. The molecule has 1 fully saturated rings. The van der Waals surface area contributed by atoms with Crippen molar-refractivity contribution in [1.82, 2.24) is 19.8 Å². The van der Waals surface area contributed by atoms with Crippen molar-refractivity contribution < 1.29 is 13.7 Å². The number of benzene rings is 1. The fraction of sp³-hybridized carbons (Fsp3) is 0.316. The fourth-order valence-electron chi connectivity index (χ4n) is 3.38. The molecule has 3 aromatic rings. The van der Waals surface area contributed by atoms with Gasteiger partial charge < -0.3 is 14.7 Å². The molecule has 0 spiro atoms. The van der Waals surface area contributed by atoms with Crippen molar-refractivity contribution in [3.63, 3.8) is 0 Å². The van der Waals surface area contributed by atoms with E-state index in [0.29, 0.717) is 24.5 Å². The van der Waals surface area contributed by atoms with Crippen molar-refractivity contribution in [1.29, 1.82) is 0 Å². The average Bonchev–Trinajstić information content (AvgIpc) is 3.35. The number of likely N-dealkylation sites (tertiary alicyclic amines) is 1. The number of rotatable bonds is 4. The van der Waals surface area contributed by atoms with E-state index in [-0.39, 0.29) is 17.9 Å². The first-order valence-electron chi connectivity index (χ1n) is 8.86. The molecule has 2 amide bonds. The van der Waals surface area contributed by atoms with E-state index >= 15 is 0 Å². The van der Waals surface area contributed by atoms with Gasteiger partial charge >= 0.3 is 6.03 Å². The number of halogens is 1. The minimum Gasteiger partial charge on any atom is -0.359 e. The zero-order valence-corrected chi connectivity index (χ0v) is 14.9. The molecule has 1 aliphatic heterocycles. The Hall–Kier alpha value is -3.16. The summed E-state index contributed by atoms with van der Waals surface area (Å²) < 4.78 is 20.3. The SMILES string of the molecule is Cc1cc([C@@H]2CCCN2C(=O)Nc2cnn(Cc3cccc(F)c3)c2)on1. The van der Waals surface area contributed by atoms with Crippen molar-refractivity contribution in [2.75, 3.05) is 11.9 Å². The van der Waals surface area contributed by atoms with E-state index in [0.717, 1.165) is 24.1 Å². The van der Waals surface area contributed by atoms with Gasteiger partial charge in [0.15, 0.2) is 5.76 Å². The predicted octanol–water partition coefficient (Wildman–Crippen LogP) is 3.74. The molecule has 4 rings (SSSR count). The first kappa shape index (κ1) is 17.3. The largest absolute Gasteiger partial charge is 0.359 e. The molecule has 1 atom stereocenters. The summed E-state index contributed by atoms with van der Waals surface area (Å²) in [7, 11) is 0. The van der Waals surface area contributed by atoms with Crippen LogP contribution >= 0.6 is 0 Å². The van der Waals surface area contributed by atoms with Crippen LogP contribution in [0.3, 0.4) is 0 Å². The number of hydrogen-bond acceptors (Lipinski definition) is 4. The molecule has 0 unspecified atom stereocenters. The van der Waals surface area contributed by atoms with Crippen LogP contribution in [-0.2, 0) is 6.54 Å². The number of nitrogens with one attached hydrogen (secondary N) is 1. The van der Waals surface area contributed by atoms with Crippen molar-refractivity contribution in [2.24, 2.45) is 0 Å². The Kier molecular flexibility index (Phi) is 4.62. The average molecular weight is 369 g/mol. The molecule has 8 heteroatoms. The van der Waals surface area contributed by atoms with Gasteiger partial charge in [-0.15, -0.1) is 0 Å². The van der Waals surface area contributed by atoms with Gasteiger partial charge in [0, 0.05) is 18.8 Å². The second kappa shape index (κ2) is 7.22. The maximum atomic E-state index is 13.3. The highest BCUT2D eigenvalue weighted by Crippen LogP contribution is 2.32. The second-order valence-electron chi connectivity index (χ2n) is 6.71. The van der Waals surface area contributed by atoms with Gasteiger partial charge in [0.2, 0.25) is 0 Å². The molecule has 140 valence electrons. The summed E-state index contributed by atoms with van der Waals surface area (Å²) in [5.74, 6) is 0.429. The van der Waals surface area contributed by atoms with Crippen molar-refractivity contribution in [3.8, 4) is 0 Å². The number of amides is 2. The van der Waals surface area contributed by atoms with Crippen molar-refractivity contribution in [3.05, 3.63) is 65.6 Å². The number of urea groups is 1. The minimum atomic E-state index is -0.282. The zero-order valence-electron chi connectivity index (χ0n) is 14.9. The van der Waals surface area contributed by atoms with Gasteiger partial charge in [0.25, 0.3) is 0 Å². The Morgan fingerprint density at radius 3 is 3.07 bits per heavy atom. The molecule has 0 radical (unpaired) electrons. The molecule has 2 aromatic heterocycles. The Morgan fingerprint density at radius 2 is 2.30 bits per heavy atom. The van der Waals surface area contributed by atoms with Gasteiger partial charge in [-0.25, -0.2) is 9.18 Å². The first-order valence-corrected chi connectivity index (χ1v) is 8.86. The normalized spacial score (nSPS) is 16.7. The second-order valence-corrected chi connectivity index (χ2v) is 6.71. The van der Waals surface area contributed by atoms with Gasteiger partial charge in [-0.3, -0.25) is 4.68 Å². The lowest BCUT2D eigenvalue weighted by Gasteiger charge is -2.22. The van der Waals surface area contributed by atoms with Crippen LogP contribution in [0.15, 0.2) is 47.2 Å². The predicted molar refractivity (Wildman–Crippen MR) is 96.7 cm³/mol. The topological polar surface area (TPSA) is 76.2 Å². The van der Waals surface area contributed by atoms with Gasteiger partial charge in [-0.1, -0.05) is 17.3 Å². The molecule has 0 aliphatic carbocycles. The Balaban J connectivity index is 1.41. The van der Waals surface area contributed by atoms with Crippen LogP contribution in [0.2, 0.25) is 0 Å². The Bertz CT molecular complexity index is 951. The van der Waals surface area contributed by atoms with E-state index in [9.17, 15) is 9.18 Å². The summed E-state index contributed by atoms with van der Waals surface area (Å²) in [6.45, 7) is 2.95. The lowest BCUT2D eigenvalue weighted by atomic mass is 10.1. The Morgan fingerprint density at radius 1 is 1.41 bits per heavy atom. The summed E-state index contributed by atoms with van der Waals surface area (Å²) in [6, 6.07) is 7.93. The summed E-state index contributed by atoms with van der Waals surface area (Å²) in [4.78, 5) is 14.4. The number of hydrogen-bond donors (Lipinski definition) is 1. The number of anilines is 1. The van der Waals surface area contributed by atoms with Crippen LogP contribution < -0.4 is 5.32 Å². The highest BCUT2D eigenvalue weighted by atomic mass is 19.1.